The molecule has 0 saturated carbocycles. The molecule has 80 valence electrons. The van der Waals surface area contributed by atoms with E-state index in [9.17, 15) is 4.79 Å². The number of benzene rings is 1. The van der Waals surface area contributed by atoms with E-state index in [-0.39, 0.29) is 0 Å². The fourth-order valence-electron chi connectivity index (χ4n) is 1.11. The molecule has 0 unspecified atom stereocenters. The maximum atomic E-state index is 10.8. The Balaban J connectivity index is 3.23. The molecule has 1 aromatic rings. The number of carboxylic acids is 1. The summed E-state index contributed by atoms with van der Waals surface area (Å²) in [6.45, 7) is 3.36. The monoisotopic (exact) mass is 288 g/mol. The summed E-state index contributed by atoms with van der Waals surface area (Å²) in [6.07, 6.45) is 0. The molecule has 0 saturated heterocycles. The van der Waals surface area contributed by atoms with Gasteiger partial charge in [-0.25, -0.2) is 4.79 Å². The Hall–Kier alpha value is -0.800. The molecule has 0 spiro atoms. The lowest BCUT2D eigenvalue weighted by Crippen LogP contribution is -1.99. The fourth-order valence-corrected chi connectivity index (χ4v) is 1.60. The van der Waals surface area contributed by atoms with Crippen LogP contribution in [0.1, 0.15) is 19.4 Å². The molecule has 0 aliphatic rings. The van der Waals surface area contributed by atoms with E-state index in [1.165, 1.54) is 0 Å². The predicted octanol–water partition coefficient (Wildman–Crippen LogP) is 3.98. The Kier molecular flexibility index (Phi) is 3.94. The minimum atomic E-state index is -0.904. The highest BCUT2D eigenvalue weighted by Gasteiger charge is 2.08. The third kappa shape index (κ3) is 2.83. The third-order valence-electron chi connectivity index (χ3n) is 2.24. The van der Waals surface area contributed by atoms with E-state index in [0.717, 1.165) is 15.6 Å². The number of halogens is 2. The highest BCUT2D eigenvalue weighted by atomic mass is 79.9. The molecule has 2 nitrogen and oxygen atoms in total. The Bertz CT molecular complexity index is 438. The van der Waals surface area contributed by atoms with E-state index < -0.39 is 5.97 Å². The average molecular weight is 290 g/mol. The molecule has 1 aromatic carbocycles. The lowest BCUT2D eigenvalue weighted by Gasteiger charge is -2.06. The van der Waals surface area contributed by atoms with Crippen LogP contribution < -0.4 is 0 Å². The number of aliphatic carboxylic acids is 1. The Morgan fingerprint density at radius 2 is 2.00 bits per heavy atom. The van der Waals surface area contributed by atoms with Crippen molar-refractivity contribution in [3.05, 3.63) is 38.8 Å². The Morgan fingerprint density at radius 3 is 2.47 bits per heavy atom. The fraction of sp³-hybridized carbons (Fsp3) is 0.182. The van der Waals surface area contributed by atoms with Gasteiger partial charge in [0.05, 0.1) is 5.02 Å². The van der Waals surface area contributed by atoms with Crippen molar-refractivity contribution in [2.24, 2.45) is 0 Å². The van der Waals surface area contributed by atoms with Crippen LogP contribution in [-0.4, -0.2) is 11.1 Å². The van der Waals surface area contributed by atoms with Crippen molar-refractivity contribution < 1.29 is 9.90 Å². The molecule has 0 heterocycles. The molecule has 0 bridgehead atoms. The van der Waals surface area contributed by atoms with Crippen LogP contribution in [0.3, 0.4) is 0 Å². The van der Waals surface area contributed by atoms with Crippen LogP contribution in [0.15, 0.2) is 28.2 Å². The lowest BCUT2D eigenvalue weighted by atomic mass is 10.0. The molecule has 0 fully saturated rings. The molecule has 0 atom stereocenters. The van der Waals surface area contributed by atoms with Crippen molar-refractivity contribution in [3.8, 4) is 0 Å². The van der Waals surface area contributed by atoms with Crippen molar-refractivity contribution >= 4 is 39.1 Å². The van der Waals surface area contributed by atoms with E-state index in [0.29, 0.717) is 10.6 Å². The molecular weight excluding hydrogens is 279 g/mol. The first-order chi connectivity index (χ1) is 6.93. The van der Waals surface area contributed by atoms with E-state index in [1.807, 2.05) is 6.07 Å². The number of carboxylic acid groups (broad SMARTS) is 1. The van der Waals surface area contributed by atoms with Gasteiger partial charge in [0.15, 0.2) is 0 Å². The summed E-state index contributed by atoms with van der Waals surface area (Å²) in [6, 6.07) is 5.35. The normalized spacial score (nSPS) is 12.3. The number of rotatable bonds is 2. The summed E-state index contributed by atoms with van der Waals surface area (Å²) < 4.78 is 0.763. The largest absolute Gasteiger partial charge is 0.478 e. The Labute approximate surface area is 102 Å². The maximum Gasteiger partial charge on any atom is 0.331 e. The van der Waals surface area contributed by atoms with Gasteiger partial charge in [0.25, 0.3) is 0 Å². The van der Waals surface area contributed by atoms with Gasteiger partial charge in [0, 0.05) is 10.0 Å². The minimum Gasteiger partial charge on any atom is -0.478 e. The van der Waals surface area contributed by atoms with Crippen LogP contribution in [0.5, 0.6) is 0 Å². The standard InChI is InChI=1S/C11H10BrClO2/c1-6(7(2)11(14)15)8-3-4-10(13)9(12)5-8/h3-5H,1-2H3,(H,14,15). The second-order valence-electron chi connectivity index (χ2n) is 3.18. The van der Waals surface area contributed by atoms with Gasteiger partial charge in [-0.3, -0.25) is 0 Å². The predicted molar refractivity (Wildman–Crippen MR) is 65.1 cm³/mol. The lowest BCUT2D eigenvalue weighted by molar-refractivity contribution is -0.132. The quantitative estimate of drug-likeness (QED) is 0.836. The van der Waals surface area contributed by atoms with Gasteiger partial charge in [-0.05, 0) is 53.0 Å². The highest BCUT2D eigenvalue weighted by Crippen LogP contribution is 2.27. The smallest absolute Gasteiger partial charge is 0.331 e. The molecule has 15 heavy (non-hydrogen) atoms. The second-order valence-corrected chi connectivity index (χ2v) is 4.45. The van der Waals surface area contributed by atoms with Gasteiger partial charge < -0.3 is 5.11 Å². The second kappa shape index (κ2) is 4.81. The van der Waals surface area contributed by atoms with Crippen LogP contribution in [0, 0.1) is 0 Å². The molecule has 0 amide bonds. The molecular formula is C11H10BrClO2. The van der Waals surface area contributed by atoms with Gasteiger partial charge in [-0.1, -0.05) is 17.7 Å². The molecule has 0 aliphatic heterocycles. The minimum absolute atomic E-state index is 0.337. The summed E-state index contributed by atoms with van der Waals surface area (Å²) in [5.74, 6) is -0.904. The zero-order valence-electron chi connectivity index (χ0n) is 8.34. The van der Waals surface area contributed by atoms with Crippen molar-refractivity contribution in [1.82, 2.24) is 0 Å². The summed E-state index contributed by atoms with van der Waals surface area (Å²) in [5, 5.41) is 9.45. The first-order valence-corrected chi connectivity index (χ1v) is 5.46. The van der Waals surface area contributed by atoms with Gasteiger partial charge in [-0.15, -0.1) is 0 Å². The van der Waals surface area contributed by atoms with Crippen LogP contribution >= 0.6 is 27.5 Å². The van der Waals surface area contributed by atoms with Crippen LogP contribution in [0.4, 0.5) is 0 Å². The SMILES string of the molecule is CC(C(=O)O)=C(C)c1ccc(Cl)c(Br)c1. The maximum absolute atomic E-state index is 10.8. The summed E-state index contributed by atoms with van der Waals surface area (Å²) in [4.78, 5) is 10.8. The van der Waals surface area contributed by atoms with Crippen molar-refractivity contribution in [2.45, 2.75) is 13.8 Å². The number of carbonyl (C=O) groups is 1. The van der Waals surface area contributed by atoms with Crippen molar-refractivity contribution in [2.75, 3.05) is 0 Å². The summed E-state index contributed by atoms with van der Waals surface area (Å²) in [5.41, 5.74) is 1.93. The van der Waals surface area contributed by atoms with E-state index in [2.05, 4.69) is 15.9 Å². The molecule has 0 radical (unpaired) electrons. The van der Waals surface area contributed by atoms with Crippen LogP contribution in [0.2, 0.25) is 5.02 Å². The molecule has 0 aliphatic carbocycles. The summed E-state index contributed by atoms with van der Waals surface area (Å²) >= 11 is 9.15. The van der Waals surface area contributed by atoms with Crippen LogP contribution in [-0.2, 0) is 4.79 Å². The number of hydrogen-bond acceptors (Lipinski definition) is 1. The first kappa shape index (κ1) is 12.3. The molecule has 1 N–H and O–H groups in total. The highest BCUT2D eigenvalue weighted by molar-refractivity contribution is 9.10. The van der Waals surface area contributed by atoms with E-state index in [4.69, 9.17) is 16.7 Å². The number of allylic oxidation sites excluding steroid dienone is 1. The van der Waals surface area contributed by atoms with Gasteiger partial charge in [-0.2, -0.15) is 0 Å². The van der Waals surface area contributed by atoms with Gasteiger partial charge >= 0.3 is 5.97 Å². The average Bonchev–Trinajstić information content (AvgIpc) is 2.19. The zero-order chi connectivity index (χ0) is 11.6. The first-order valence-electron chi connectivity index (χ1n) is 4.29. The molecule has 1 rings (SSSR count). The topological polar surface area (TPSA) is 37.3 Å². The molecule has 4 heteroatoms. The molecule has 0 aromatic heterocycles. The number of hydrogen-bond donors (Lipinski definition) is 1. The zero-order valence-corrected chi connectivity index (χ0v) is 10.7. The summed E-state index contributed by atoms with van der Waals surface area (Å²) in [7, 11) is 0. The van der Waals surface area contributed by atoms with Crippen molar-refractivity contribution in [3.63, 3.8) is 0 Å². The third-order valence-corrected chi connectivity index (χ3v) is 3.45. The van der Waals surface area contributed by atoms with Crippen LogP contribution in [0.25, 0.3) is 5.57 Å². The van der Waals surface area contributed by atoms with E-state index >= 15 is 0 Å². The van der Waals surface area contributed by atoms with E-state index in [1.54, 1.807) is 26.0 Å². The van der Waals surface area contributed by atoms with Gasteiger partial charge in [0.2, 0.25) is 0 Å². The Morgan fingerprint density at radius 1 is 1.40 bits per heavy atom. The van der Waals surface area contributed by atoms with Gasteiger partial charge in [0.1, 0.15) is 0 Å². The van der Waals surface area contributed by atoms with Crippen molar-refractivity contribution in [1.29, 1.82) is 0 Å².